The molecule has 3 N–H and O–H groups in total. The second-order valence-corrected chi connectivity index (χ2v) is 5.97. The number of carbonyl (C=O) groups is 2. The van der Waals surface area contributed by atoms with Crippen LogP contribution in [0.25, 0.3) is 0 Å². The van der Waals surface area contributed by atoms with E-state index < -0.39 is 6.04 Å². The van der Waals surface area contributed by atoms with Crippen molar-refractivity contribution in [2.24, 2.45) is 11.7 Å². The van der Waals surface area contributed by atoms with Crippen molar-refractivity contribution in [2.75, 3.05) is 13.1 Å². The maximum atomic E-state index is 12.1. The summed E-state index contributed by atoms with van der Waals surface area (Å²) < 4.78 is 0. The fourth-order valence-corrected chi connectivity index (χ4v) is 2.77. The normalized spacial score (nSPS) is 19.3. The molecular formula is C17H25N3O2. The Morgan fingerprint density at radius 1 is 1.41 bits per heavy atom. The molecule has 1 aromatic carbocycles. The van der Waals surface area contributed by atoms with E-state index in [1.54, 1.807) is 0 Å². The lowest BCUT2D eigenvalue weighted by molar-refractivity contribution is -0.128. The van der Waals surface area contributed by atoms with Gasteiger partial charge in [-0.2, -0.15) is 0 Å². The van der Waals surface area contributed by atoms with E-state index in [0.29, 0.717) is 32.5 Å². The van der Waals surface area contributed by atoms with Gasteiger partial charge in [0.05, 0.1) is 6.04 Å². The second kappa shape index (κ2) is 7.94. The number of nitrogens with one attached hydrogen (secondary N) is 1. The van der Waals surface area contributed by atoms with E-state index in [9.17, 15) is 9.59 Å². The Morgan fingerprint density at radius 2 is 2.14 bits per heavy atom. The van der Waals surface area contributed by atoms with E-state index in [-0.39, 0.29) is 17.7 Å². The average Bonchev–Trinajstić information content (AvgIpc) is 2.86. The van der Waals surface area contributed by atoms with Crippen LogP contribution in [-0.2, 0) is 16.1 Å². The zero-order valence-corrected chi connectivity index (χ0v) is 13.1. The first-order chi connectivity index (χ1) is 10.6. The lowest BCUT2D eigenvalue weighted by Crippen LogP contribution is -2.42. The Morgan fingerprint density at radius 3 is 2.82 bits per heavy atom. The fraction of sp³-hybridized carbons (Fsp3) is 0.529. The first kappa shape index (κ1) is 16.5. The SMILES string of the molecule is CCCC(N)C(=O)NCC1CC(=O)N(Cc2ccccc2)C1. The molecular weight excluding hydrogens is 278 g/mol. The van der Waals surface area contributed by atoms with Crippen molar-refractivity contribution < 1.29 is 9.59 Å². The van der Waals surface area contributed by atoms with E-state index in [2.05, 4.69) is 5.32 Å². The molecule has 2 unspecified atom stereocenters. The molecule has 1 aromatic rings. The van der Waals surface area contributed by atoms with Crippen molar-refractivity contribution >= 4 is 11.8 Å². The van der Waals surface area contributed by atoms with Gasteiger partial charge in [0.1, 0.15) is 0 Å². The van der Waals surface area contributed by atoms with Crippen LogP contribution in [-0.4, -0.2) is 35.8 Å². The molecule has 1 fully saturated rings. The predicted molar refractivity (Wildman–Crippen MR) is 85.9 cm³/mol. The van der Waals surface area contributed by atoms with Gasteiger partial charge in [0.2, 0.25) is 11.8 Å². The first-order valence-corrected chi connectivity index (χ1v) is 7.95. The van der Waals surface area contributed by atoms with Crippen LogP contribution < -0.4 is 11.1 Å². The summed E-state index contributed by atoms with van der Waals surface area (Å²) in [7, 11) is 0. The molecule has 2 amide bonds. The molecule has 2 atom stereocenters. The van der Waals surface area contributed by atoms with Crippen LogP contribution in [0.5, 0.6) is 0 Å². The Bertz CT molecular complexity index is 504. The monoisotopic (exact) mass is 303 g/mol. The zero-order valence-electron chi connectivity index (χ0n) is 13.1. The maximum Gasteiger partial charge on any atom is 0.236 e. The van der Waals surface area contributed by atoms with Crippen molar-refractivity contribution in [1.29, 1.82) is 0 Å². The third-order valence-corrected chi connectivity index (χ3v) is 4.01. The van der Waals surface area contributed by atoms with Crippen LogP contribution in [0.2, 0.25) is 0 Å². The van der Waals surface area contributed by atoms with E-state index >= 15 is 0 Å². The molecule has 1 aliphatic heterocycles. The predicted octanol–water partition coefficient (Wildman–Crippen LogP) is 1.28. The zero-order chi connectivity index (χ0) is 15.9. The molecule has 1 saturated heterocycles. The van der Waals surface area contributed by atoms with Gasteiger partial charge in [-0.1, -0.05) is 43.7 Å². The Hall–Kier alpha value is -1.88. The molecule has 1 aliphatic rings. The number of nitrogens with two attached hydrogens (primary N) is 1. The summed E-state index contributed by atoms with van der Waals surface area (Å²) in [6.45, 7) is 3.86. The molecule has 0 spiro atoms. The highest BCUT2D eigenvalue weighted by atomic mass is 16.2. The van der Waals surface area contributed by atoms with Gasteiger partial charge in [-0.3, -0.25) is 9.59 Å². The summed E-state index contributed by atoms with van der Waals surface area (Å²) in [6, 6.07) is 9.51. The lowest BCUT2D eigenvalue weighted by Gasteiger charge is -2.17. The molecule has 0 saturated carbocycles. The molecule has 1 heterocycles. The molecule has 2 rings (SSSR count). The summed E-state index contributed by atoms with van der Waals surface area (Å²) in [5.74, 6) is 0.214. The van der Waals surface area contributed by atoms with Crippen molar-refractivity contribution in [3.63, 3.8) is 0 Å². The molecule has 0 aromatic heterocycles. The largest absolute Gasteiger partial charge is 0.354 e. The fourth-order valence-electron chi connectivity index (χ4n) is 2.77. The minimum absolute atomic E-state index is 0.115. The van der Waals surface area contributed by atoms with Crippen molar-refractivity contribution in [3.05, 3.63) is 35.9 Å². The molecule has 5 heteroatoms. The summed E-state index contributed by atoms with van der Waals surface area (Å²) in [5, 5.41) is 2.87. The molecule has 5 nitrogen and oxygen atoms in total. The Balaban J connectivity index is 1.78. The number of hydrogen-bond donors (Lipinski definition) is 2. The van der Waals surface area contributed by atoms with Gasteiger partial charge in [0.15, 0.2) is 0 Å². The number of likely N-dealkylation sites (tertiary alicyclic amines) is 1. The van der Waals surface area contributed by atoms with Crippen LogP contribution >= 0.6 is 0 Å². The van der Waals surface area contributed by atoms with Gasteiger partial charge >= 0.3 is 0 Å². The van der Waals surface area contributed by atoms with Gasteiger partial charge in [0, 0.05) is 32.0 Å². The van der Waals surface area contributed by atoms with E-state index in [0.717, 1.165) is 12.0 Å². The Labute approximate surface area is 131 Å². The van der Waals surface area contributed by atoms with Gasteiger partial charge in [0.25, 0.3) is 0 Å². The van der Waals surface area contributed by atoms with Crippen LogP contribution in [0.3, 0.4) is 0 Å². The van der Waals surface area contributed by atoms with Crippen LogP contribution in [0.15, 0.2) is 30.3 Å². The number of rotatable bonds is 7. The van der Waals surface area contributed by atoms with E-state index in [1.165, 1.54) is 0 Å². The number of benzene rings is 1. The summed E-state index contributed by atoms with van der Waals surface area (Å²) in [4.78, 5) is 25.7. The highest BCUT2D eigenvalue weighted by Gasteiger charge is 2.29. The number of carbonyl (C=O) groups excluding carboxylic acids is 2. The standard InChI is InChI=1S/C17H25N3O2/c1-2-6-15(18)17(22)19-10-14-9-16(21)20(12-14)11-13-7-4-3-5-8-13/h3-5,7-8,14-15H,2,6,9-12,18H2,1H3,(H,19,22). The molecule has 22 heavy (non-hydrogen) atoms. The third-order valence-electron chi connectivity index (χ3n) is 4.01. The summed E-state index contributed by atoms with van der Waals surface area (Å²) in [6.07, 6.45) is 2.08. The van der Waals surface area contributed by atoms with Gasteiger partial charge in [-0.05, 0) is 12.0 Å². The summed E-state index contributed by atoms with van der Waals surface area (Å²) in [5.41, 5.74) is 6.91. The molecule has 120 valence electrons. The second-order valence-electron chi connectivity index (χ2n) is 5.97. The highest BCUT2D eigenvalue weighted by Crippen LogP contribution is 2.19. The minimum Gasteiger partial charge on any atom is -0.354 e. The molecule has 0 radical (unpaired) electrons. The highest BCUT2D eigenvalue weighted by molar-refractivity contribution is 5.82. The minimum atomic E-state index is -0.442. The molecule has 0 bridgehead atoms. The Kier molecular flexibility index (Phi) is 5.95. The topological polar surface area (TPSA) is 75.4 Å². The number of nitrogens with zero attached hydrogens (tertiary/aromatic N) is 1. The lowest BCUT2D eigenvalue weighted by atomic mass is 10.1. The summed E-state index contributed by atoms with van der Waals surface area (Å²) >= 11 is 0. The maximum absolute atomic E-state index is 12.1. The quantitative estimate of drug-likeness (QED) is 0.797. The smallest absolute Gasteiger partial charge is 0.236 e. The van der Waals surface area contributed by atoms with Crippen molar-refractivity contribution in [3.8, 4) is 0 Å². The van der Waals surface area contributed by atoms with Crippen molar-refractivity contribution in [2.45, 2.75) is 38.8 Å². The third kappa shape index (κ3) is 4.56. The number of hydrogen-bond acceptors (Lipinski definition) is 3. The average molecular weight is 303 g/mol. The molecule has 0 aliphatic carbocycles. The van der Waals surface area contributed by atoms with Crippen LogP contribution in [0.4, 0.5) is 0 Å². The van der Waals surface area contributed by atoms with Gasteiger partial charge < -0.3 is 16.0 Å². The van der Waals surface area contributed by atoms with Crippen molar-refractivity contribution in [1.82, 2.24) is 10.2 Å². The van der Waals surface area contributed by atoms with E-state index in [1.807, 2.05) is 42.2 Å². The van der Waals surface area contributed by atoms with Gasteiger partial charge in [-0.15, -0.1) is 0 Å². The van der Waals surface area contributed by atoms with Crippen LogP contribution in [0.1, 0.15) is 31.7 Å². The number of amides is 2. The van der Waals surface area contributed by atoms with E-state index in [4.69, 9.17) is 5.73 Å². The first-order valence-electron chi connectivity index (χ1n) is 7.95. The van der Waals surface area contributed by atoms with Crippen LogP contribution in [0, 0.1) is 5.92 Å². The van der Waals surface area contributed by atoms with Gasteiger partial charge in [-0.25, -0.2) is 0 Å².